The average Bonchev–Trinajstić information content (AvgIpc) is 2.66. The standard InChI is InChI=1S/C21H26FN3O/c1-24-21(26)19-4-2-3-17(20(19)23)14-25-11-9-16(10-12-25)13-15-5-7-18(22)8-6-15/h2-8,16H,9-14,23H2,1H3,(H,24,26). The van der Waals surface area contributed by atoms with Crippen molar-refractivity contribution in [1.29, 1.82) is 0 Å². The third kappa shape index (κ3) is 4.41. The summed E-state index contributed by atoms with van der Waals surface area (Å²) in [6, 6.07) is 12.5. The predicted octanol–water partition coefficient (Wildman–Crippen LogP) is 3.22. The summed E-state index contributed by atoms with van der Waals surface area (Å²) >= 11 is 0. The molecule has 1 aliphatic heterocycles. The van der Waals surface area contributed by atoms with Gasteiger partial charge < -0.3 is 11.1 Å². The molecule has 1 fully saturated rings. The summed E-state index contributed by atoms with van der Waals surface area (Å²) < 4.78 is 13.0. The number of nitrogens with two attached hydrogens (primary N) is 1. The van der Waals surface area contributed by atoms with Crippen molar-refractivity contribution in [2.75, 3.05) is 25.9 Å². The first-order valence-electron chi connectivity index (χ1n) is 9.13. The third-order valence-electron chi connectivity index (χ3n) is 5.21. The van der Waals surface area contributed by atoms with Gasteiger partial charge >= 0.3 is 0 Å². The molecule has 0 atom stereocenters. The molecule has 2 aromatic carbocycles. The highest BCUT2D eigenvalue weighted by molar-refractivity contribution is 5.99. The van der Waals surface area contributed by atoms with Crippen LogP contribution >= 0.6 is 0 Å². The number of rotatable bonds is 5. The van der Waals surface area contributed by atoms with Crippen LogP contribution in [0.15, 0.2) is 42.5 Å². The lowest BCUT2D eigenvalue weighted by Gasteiger charge is -2.32. The van der Waals surface area contributed by atoms with Crippen LogP contribution in [-0.2, 0) is 13.0 Å². The minimum atomic E-state index is -0.180. The van der Waals surface area contributed by atoms with E-state index in [9.17, 15) is 9.18 Å². The fourth-order valence-corrected chi connectivity index (χ4v) is 3.63. The summed E-state index contributed by atoms with van der Waals surface area (Å²) in [6.45, 7) is 2.78. The summed E-state index contributed by atoms with van der Waals surface area (Å²) in [5, 5.41) is 2.63. The van der Waals surface area contributed by atoms with Crippen LogP contribution < -0.4 is 11.1 Å². The van der Waals surface area contributed by atoms with E-state index < -0.39 is 0 Å². The molecule has 0 spiro atoms. The van der Waals surface area contributed by atoms with E-state index in [1.807, 2.05) is 24.3 Å². The monoisotopic (exact) mass is 355 g/mol. The van der Waals surface area contributed by atoms with Gasteiger partial charge in [0.15, 0.2) is 0 Å². The molecule has 1 saturated heterocycles. The van der Waals surface area contributed by atoms with E-state index in [0.717, 1.165) is 44.5 Å². The van der Waals surface area contributed by atoms with E-state index in [-0.39, 0.29) is 11.7 Å². The Morgan fingerprint density at radius 3 is 2.54 bits per heavy atom. The summed E-state index contributed by atoms with van der Waals surface area (Å²) in [4.78, 5) is 14.3. The molecular weight excluding hydrogens is 329 g/mol. The van der Waals surface area contributed by atoms with E-state index >= 15 is 0 Å². The van der Waals surface area contributed by atoms with Crippen LogP contribution in [0.5, 0.6) is 0 Å². The van der Waals surface area contributed by atoms with Crippen LogP contribution in [0.1, 0.15) is 34.3 Å². The summed E-state index contributed by atoms with van der Waals surface area (Å²) in [5.41, 5.74) is 9.51. The summed E-state index contributed by atoms with van der Waals surface area (Å²) in [5.74, 6) is 0.300. The Hall–Kier alpha value is -2.40. The number of para-hydroxylation sites is 1. The molecule has 4 nitrogen and oxygen atoms in total. The van der Waals surface area contributed by atoms with Gasteiger partial charge in [-0.05, 0) is 67.6 Å². The van der Waals surface area contributed by atoms with Crippen LogP contribution in [0.4, 0.5) is 10.1 Å². The number of halogens is 1. The second-order valence-electron chi connectivity index (χ2n) is 7.01. The number of carbonyl (C=O) groups excluding carboxylic acids is 1. The number of benzene rings is 2. The lowest BCUT2D eigenvalue weighted by Crippen LogP contribution is -2.34. The smallest absolute Gasteiger partial charge is 0.253 e. The highest BCUT2D eigenvalue weighted by atomic mass is 19.1. The molecule has 3 N–H and O–H groups in total. The number of piperidine rings is 1. The highest BCUT2D eigenvalue weighted by Gasteiger charge is 2.21. The molecule has 138 valence electrons. The third-order valence-corrected chi connectivity index (χ3v) is 5.21. The molecule has 0 aromatic heterocycles. The Morgan fingerprint density at radius 2 is 1.88 bits per heavy atom. The number of amides is 1. The first-order valence-corrected chi connectivity index (χ1v) is 9.13. The van der Waals surface area contributed by atoms with Crippen molar-refractivity contribution in [3.05, 3.63) is 65.0 Å². The van der Waals surface area contributed by atoms with Gasteiger partial charge in [-0.25, -0.2) is 4.39 Å². The van der Waals surface area contributed by atoms with Gasteiger partial charge in [0.2, 0.25) is 0 Å². The molecule has 2 aromatic rings. The summed E-state index contributed by atoms with van der Waals surface area (Å²) in [6.07, 6.45) is 3.24. The number of likely N-dealkylation sites (tertiary alicyclic amines) is 1. The van der Waals surface area contributed by atoms with Crippen molar-refractivity contribution in [2.45, 2.75) is 25.8 Å². The van der Waals surface area contributed by atoms with E-state index in [4.69, 9.17) is 5.73 Å². The lowest BCUT2D eigenvalue weighted by atomic mass is 9.90. The van der Waals surface area contributed by atoms with Crippen molar-refractivity contribution in [2.24, 2.45) is 5.92 Å². The Morgan fingerprint density at radius 1 is 1.19 bits per heavy atom. The molecular formula is C21H26FN3O. The van der Waals surface area contributed by atoms with Gasteiger partial charge in [0.05, 0.1) is 5.56 Å². The zero-order valence-corrected chi connectivity index (χ0v) is 15.2. The molecule has 1 aliphatic rings. The Balaban J connectivity index is 1.56. The van der Waals surface area contributed by atoms with Crippen molar-refractivity contribution < 1.29 is 9.18 Å². The number of nitrogens with one attached hydrogen (secondary N) is 1. The molecule has 26 heavy (non-hydrogen) atoms. The van der Waals surface area contributed by atoms with Gasteiger partial charge in [0.25, 0.3) is 5.91 Å². The molecule has 3 rings (SSSR count). The molecule has 0 radical (unpaired) electrons. The first-order chi connectivity index (χ1) is 12.6. The van der Waals surface area contributed by atoms with Crippen molar-refractivity contribution >= 4 is 11.6 Å². The van der Waals surface area contributed by atoms with Crippen molar-refractivity contribution in [1.82, 2.24) is 10.2 Å². The van der Waals surface area contributed by atoms with E-state index in [1.54, 1.807) is 13.1 Å². The van der Waals surface area contributed by atoms with Crippen LogP contribution in [0.3, 0.4) is 0 Å². The predicted molar refractivity (Wildman–Crippen MR) is 102 cm³/mol. The number of hydrogen-bond acceptors (Lipinski definition) is 3. The maximum Gasteiger partial charge on any atom is 0.253 e. The lowest BCUT2D eigenvalue weighted by molar-refractivity contribution is 0.0963. The van der Waals surface area contributed by atoms with Gasteiger partial charge in [0.1, 0.15) is 5.82 Å². The largest absolute Gasteiger partial charge is 0.398 e. The van der Waals surface area contributed by atoms with E-state index in [0.29, 0.717) is 17.2 Å². The maximum atomic E-state index is 13.0. The molecule has 5 heteroatoms. The van der Waals surface area contributed by atoms with Crippen LogP contribution in [0.2, 0.25) is 0 Å². The Bertz CT molecular complexity index is 752. The van der Waals surface area contributed by atoms with Crippen LogP contribution in [0.25, 0.3) is 0 Å². The highest BCUT2D eigenvalue weighted by Crippen LogP contribution is 2.25. The van der Waals surface area contributed by atoms with Gasteiger partial charge in [0, 0.05) is 19.3 Å². The number of hydrogen-bond donors (Lipinski definition) is 2. The minimum Gasteiger partial charge on any atom is -0.398 e. The fourth-order valence-electron chi connectivity index (χ4n) is 3.63. The van der Waals surface area contributed by atoms with Gasteiger partial charge in [-0.15, -0.1) is 0 Å². The quantitative estimate of drug-likeness (QED) is 0.810. The first kappa shape index (κ1) is 18.4. The van der Waals surface area contributed by atoms with E-state index in [2.05, 4.69) is 10.2 Å². The molecule has 1 amide bonds. The fraction of sp³-hybridized carbons (Fsp3) is 0.381. The SMILES string of the molecule is CNC(=O)c1cccc(CN2CCC(Cc3ccc(F)cc3)CC2)c1N. The maximum absolute atomic E-state index is 13.0. The molecule has 0 unspecified atom stereocenters. The number of anilines is 1. The molecule has 0 bridgehead atoms. The second-order valence-corrected chi connectivity index (χ2v) is 7.01. The van der Waals surface area contributed by atoms with Crippen molar-refractivity contribution in [3.8, 4) is 0 Å². The zero-order chi connectivity index (χ0) is 18.5. The van der Waals surface area contributed by atoms with Gasteiger partial charge in [-0.1, -0.05) is 24.3 Å². The average molecular weight is 355 g/mol. The normalized spacial score (nSPS) is 15.8. The summed E-state index contributed by atoms with van der Waals surface area (Å²) in [7, 11) is 1.61. The van der Waals surface area contributed by atoms with Gasteiger partial charge in [-0.3, -0.25) is 9.69 Å². The Labute approximate surface area is 154 Å². The van der Waals surface area contributed by atoms with E-state index in [1.165, 1.54) is 17.7 Å². The number of nitrogen functional groups attached to an aromatic ring is 1. The number of nitrogens with zero attached hydrogens (tertiary/aromatic N) is 1. The zero-order valence-electron chi connectivity index (χ0n) is 15.2. The molecule has 0 aliphatic carbocycles. The topological polar surface area (TPSA) is 58.4 Å². The van der Waals surface area contributed by atoms with Gasteiger partial charge in [-0.2, -0.15) is 0 Å². The Kier molecular flexibility index (Phi) is 5.89. The molecule has 1 heterocycles. The second kappa shape index (κ2) is 8.32. The number of carbonyl (C=O) groups is 1. The van der Waals surface area contributed by atoms with Crippen molar-refractivity contribution in [3.63, 3.8) is 0 Å². The van der Waals surface area contributed by atoms with Crippen LogP contribution in [-0.4, -0.2) is 30.9 Å². The minimum absolute atomic E-state index is 0.151. The molecule has 0 saturated carbocycles. The van der Waals surface area contributed by atoms with Crippen LogP contribution in [0, 0.1) is 11.7 Å².